The summed E-state index contributed by atoms with van der Waals surface area (Å²) < 4.78 is 5.24. The Labute approximate surface area is 218 Å². The Morgan fingerprint density at radius 1 is 0.816 bits per heavy atom. The number of ketones is 1. The van der Waals surface area contributed by atoms with Gasteiger partial charge in [-0.3, -0.25) is 19.4 Å². The molecule has 7 heteroatoms. The summed E-state index contributed by atoms with van der Waals surface area (Å²) in [6, 6.07) is 26.5. The molecule has 0 aromatic heterocycles. The van der Waals surface area contributed by atoms with Gasteiger partial charge in [-0.05, 0) is 58.3 Å². The smallest absolute Gasteiger partial charge is 0.240 e. The zero-order valence-corrected chi connectivity index (χ0v) is 20.5. The number of hydrogen-bond acceptors (Lipinski definition) is 6. The van der Waals surface area contributed by atoms with Gasteiger partial charge in [0.25, 0.3) is 0 Å². The van der Waals surface area contributed by atoms with Gasteiger partial charge in [0.15, 0.2) is 5.78 Å². The molecule has 0 bridgehead atoms. The molecule has 186 valence electrons. The number of ether oxygens (including phenoxy) is 1. The van der Waals surface area contributed by atoms with Gasteiger partial charge in [-0.15, -0.1) is 0 Å². The number of rotatable bonds is 4. The van der Waals surface area contributed by atoms with Crippen LogP contribution in [0.5, 0.6) is 5.75 Å². The molecule has 7 nitrogen and oxygen atoms in total. The lowest BCUT2D eigenvalue weighted by molar-refractivity contribution is -0.124. The lowest BCUT2D eigenvalue weighted by Crippen LogP contribution is -2.44. The Bertz CT molecular complexity index is 1660. The van der Waals surface area contributed by atoms with Crippen molar-refractivity contribution in [3.63, 3.8) is 0 Å². The van der Waals surface area contributed by atoms with Crippen LogP contribution in [-0.4, -0.2) is 42.0 Å². The van der Waals surface area contributed by atoms with Crippen LogP contribution in [0.3, 0.4) is 0 Å². The number of Topliss-reactive ketones (excluding diaryl/α,β-unsaturated/α-hetero) is 1. The lowest BCUT2D eigenvalue weighted by Gasteiger charge is -2.33. The largest absolute Gasteiger partial charge is 0.497 e. The number of amides is 2. The molecular formula is C31H23N3O4. The molecule has 0 saturated carbocycles. The van der Waals surface area contributed by atoms with Crippen molar-refractivity contribution in [3.05, 3.63) is 108 Å². The highest BCUT2D eigenvalue weighted by atomic mass is 16.5. The topological polar surface area (TPSA) is 79.3 Å². The molecule has 3 heterocycles. The second kappa shape index (κ2) is 8.38. The highest BCUT2D eigenvalue weighted by Crippen LogP contribution is 2.53. The van der Waals surface area contributed by atoms with Gasteiger partial charge in [0.1, 0.15) is 11.8 Å². The van der Waals surface area contributed by atoms with Crippen LogP contribution in [0.1, 0.15) is 27.5 Å². The van der Waals surface area contributed by atoms with Crippen molar-refractivity contribution < 1.29 is 19.1 Å². The van der Waals surface area contributed by atoms with Gasteiger partial charge < -0.3 is 4.74 Å². The number of imide groups is 1. The lowest BCUT2D eigenvalue weighted by atomic mass is 9.83. The fourth-order valence-electron chi connectivity index (χ4n) is 6.16. The van der Waals surface area contributed by atoms with E-state index in [0.717, 1.165) is 21.9 Å². The van der Waals surface area contributed by atoms with Crippen LogP contribution >= 0.6 is 0 Å². The predicted octanol–water partition coefficient (Wildman–Crippen LogP) is 4.61. The number of methoxy groups -OCH3 is 1. The van der Waals surface area contributed by atoms with Crippen LogP contribution in [0.25, 0.3) is 10.8 Å². The third-order valence-electron chi connectivity index (χ3n) is 7.93. The standard InChI is InChI=1S/C31H23N3O4/c1-38-23-14-11-19(12-15-23)29(35)28-26-25(27-24-9-5-4-8-21(24)17-32-34(27)28)30(36)33(31(26)37)22-13-10-18-6-2-3-7-20(18)16-22/h2-17,25-28H,1H3/t25-,26+,27?,28-/m0/s1. The maximum absolute atomic E-state index is 14.1. The molecule has 2 amide bonds. The maximum Gasteiger partial charge on any atom is 0.240 e. The van der Waals surface area contributed by atoms with Crippen molar-refractivity contribution in [1.29, 1.82) is 0 Å². The van der Waals surface area contributed by atoms with E-state index in [2.05, 4.69) is 5.10 Å². The highest BCUT2D eigenvalue weighted by molar-refractivity contribution is 6.25. The van der Waals surface area contributed by atoms with E-state index in [0.29, 0.717) is 17.0 Å². The monoisotopic (exact) mass is 501 g/mol. The van der Waals surface area contributed by atoms with E-state index in [1.807, 2.05) is 60.7 Å². The van der Waals surface area contributed by atoms with Gasteiger partial charge in [-0.2, -0.15) is 5.10 Å². The fourth-order valence-corrected chi connectivity index (χ4v) is 6.16. The second-order valence-corrected chi connectivity index (χ2v) is 9.83. The third-order valence-corrected chi connectivity index (χ3v) is 7.93. The van der Waals surface area contributed by atoms with E-state index in [-0.39, 0.29) is 17.6 Å². The SMILES string of the molecule is COc1ccc(C(=O)[C@@H]2[C@@H]3C(=O)N(c4ccc5ccccc5c4)C(=O)[C@@H]3C3c4ccccc4C=NN32)cc1. The molecule has 0 radical (unpaired) electrons. The molecule has 1 unspecified atom stereocenters. The van der Waals surface area contributed by atoms with Gasteiger partial charge >= 0.3 is 0 Å². The average molecular weight is 502 g/mol. The Morgan fingerprint density at radius 3 is 2.32 bits per heavy atom. The van der Waals surface area contributed by atoms with Crippen molar-refractivity contribution >= 4 is 40.3 Å². The Balaban J connectivity index is 1.35. The number of hydrazone groups is 1. The van der Waals surface area contributed by atoms with Crippen LogP contribution < -0.4 is 9.64 Å². The summed E-state index contributed by atoms with van der Waals surface area (Å²) in [6.07, 6.45) is 1.71. The minimum Gasteiger partial charge on any atom is -0.497 e. The highest BCUT2D eigenvalue weighted by Gasteiger charge is 2.65. The molecule has 3 aliphatic heterocycles. The second-order valence-electron chi connectivity index (χ2n) is 9.83. The normalized spacial score (nSPS) is 23.4. The number of carbonyl (C=O) groups excluding carboxylic acids is 3. The van der Waals surface area contributed by atoms with E-state index in [1.165, 1.54) is 4.90 Å². The number of fused-ring (bicyclic) bond motifs is 6. The van der Waals surface area contributed by atoms with Crippen molar-refractivity contribution in [1.82, 2.24) is 5.01 Å². The van der Waals surface area contributed by atoms with Gasteiger partial charge in [-0.25, -0.2) is 4.90 Å². The van der Waals surface area contributed by atoms with Crippen molar-refractivity contribution in [3.8, 4) is 5.75 Å². The minimum atomic E-state index is -0.912. The van der Waals surface area contributed by atoms with Gasteiger partial charge in [0.2, 0.25) is 11.8 Å². The van der Waals surface area contributed by atoms with E-state index in [9.17, 15) is 14.4 Å². The quantitative estimate of drug-likeness (QED) is 0.301. The molecule has 4 aromatic rings. The number of hydrogen-bond donors (Lipinski definition) is 0. The first-order valence-corrected chi connectivity index (χ1v) is 12.5. The van der Waals surface area contributed by atoms with Crippen LogP contribution in [0, 0.1) is 11.8 Å². The maximum atomic E-state index is 14.1. The zero-order valence-electron chi connectivity index (χ0n) is 20.5. The number of nitrogens with zero attached hydrogens (tertiary/aromatic N) is 3. The first-order valence-electron chi connectivity index (χ1n) is 12.5. The predicted molar refractivity (Wildman–Crippen MR) is 143 cm³/mol. The molecule has 38 heavy (non-hydrogen) atoms. The molecule has 0 aliphatic carbocycles. The minimum absolute atomic E-state index is 0.247. The average Bonchev–Trinajstić information content (AvgIpc) is 3.44. The van der Waals surface area contributed by atoms with E-state index < -0.39 is 23.9 Å². The first kappa shape index (κ1) is 22.4. The van der Waals surface area contributed by atoms with Crippen molar-refractivity contribution in [2.75, 3.05) is 12.0 Å². The summed E-state index contributed by atoms with van der Waals surface area (Å²) in [5.74, 6) is -1.89. The van der Waals surface area contributed by atoms with Crippen molar-refractivity contribution in [2.45, 2.75) is 12.1 Å². The summed E-state index contributed by atoms with van der Waals surface area (Å²) in [6.45, 7) is 0. The molecule has 0 N–H and O–H groups in total. The molecule has 7 rings (SSSR count). The van der Waals surface area contributed by atoms with Crippen LogP contribution in [0.4, 0.5) is 5.69 Å². The number of carbonyl (C=O) groups is 3. The summed E-state index contributed by atoms with van der Waals surface area (Å²) >= 11 is 0. The molecule has 4 atom stereocenters. The molecule has 4 aromatic carbocycles. The third kappa shape index (κ3) is 3.14. The van der Waals surface area contributed by atoms with Crippen LogP contribution in [-0.2, 0) is 9.59 Å². The Morgan fingerprint density at radius 2 is 1.53 bits per heavy atom. The number of anilines is 1. The van der Waals surface area contributed by atoms with Crippen molar-refractivity contribution in [2.24, 2.45) is 16.9 Å². The van der Waals surface area contributed by atoms with Gasteiger partial charge in [-0.1, -0.05) is 54.6 Å². The summed E-state index contributed by atoms with van der Waals surface area (Å²) in [5.41, 5.74) is 2.73. The summed E-state index contributed by atoms with van der Waals surface area (Å²) in [7, 11) is 1.56. The molecule has 3 aliphatic rings. The molecule has 2 saturated heterocycles. The summed E-state index contributed by atoms with van der Waals surface area (Å²) in [5, 5.41) is 8.25. The van der Waals surface area contributed by atoms with Crippen LogP contribution in [0.2, 0.25) is 0 Å². The Kier molecular flexibility index (Phi) is 4.94. The fraction of sp³-hybridized carbons (Fsp3) is 0.161. The first-order chi connectivity index (χ1) is 18.6. The van der Waals surface area contributed by atoms with Gasteiger partial charge in [0.05, 0.1) is 36.9 Å². The molecule has 2 fully saturated rings. The summed E-state index contributed by atoms with van der Waals surface area (Å²) in [4.78, 5) is 43.4. The number of benzene rings is 4. The molecule has 0 spiro atoms. The molecular weight excluding hydrogens is 478 g/mol. The Hall–Kier alpha value is -4.78. The van der Waals surface area contributed by atoms with E-state index in [1.54, 1.807) is 48.7 Å². The van der Waals surface area contributed by atoms with E-state index >= 15 is 0 Å². The van der Waals surface area contributed by atoms with Gasteiger partial charge in [0, 0.05) is 5.56 Å². The van der Waals surface area contributed by atoms with E-state index in [4.69, 9.17) is 4.74 Å². The van der Waals surface area contributed by atoms with Crippen LogP contribution in [0.15, 0.2) is 96.1 Å². The zero-order chi connectivity index (χ0) is 26.0.